The van der Waals surface area contributed by atoms with Crippen molar-refractivity contribution >= 4 is 5.91 Å². The van der Waals surface area contributed by atoms with Crippen LogP contribution in [0.2, 0.25) is 0 Å². The quantitative estimate of drug-likeness (QED) is 0.359. The molecule has 8 heteroatoms. The monoisotopic (exact) mass is 497 g/mol. The molecule has 36 heavy (non-hydrogen) atoms. The summed E-state index contributed by atoms with van der Waals surface area (Å²) < 4.78 is 17.3. The van der Waals surface area contributed by atoms with E-state index in [2.05, 4.69) is 17.8 Å². The number of benzene rings is 2. The second-order valence-corrected chi connectivity index (χ2v) is 9.40. The van der Waals surface area contributed by atoms with Crippen molar-refractivity contribution in [2.75, 3.05) is 33.5 Å². The Morgan fingerprint density at radius 1 is 0.944 bits per heavy atom. The Morgan fingerprint density at radius 3 is 2.50 bits per heavy atom. The SMILES string of the molecule is CCCCCOc1ccc(C2C3C(NNC3c3ccccc3O)C(=O)N2CCCOC)cc1OCC. The van der Waals surface area contributed by atoms with E-state index in [1.165, 1.54) is 0 Å². The first kappa shape index (κ1) is 26.3. The highest BCUT2D eigenvalue weighted by molar-refractivity contribution is 5.86. The number of carbonyl (C=O) groups excluding carboxylic acids is 1. The standard InChI is InChI=1S/C28H39N3O5/c1-4-6-9-17-36-22-14-13-19(18-23(22)35-5-2)27-24-25(20-11-7-8-12-21(20)32)29-30-26(24)28(33)31(27)15-10-16-34-3/h7-8,11-14,18,24-27,29-30,32H,4-6,9-10,15-17H2,1-3H3. The number of nitrogens with one attached hydrogen (secondary N) is 2. The number of hydrogen-bond acceptors (Lipinski definition) is 7. The van der Waals surface area contributed by atoms with Gasteiger partial charge in [-0.1, -0.05) is 44.0 Å². The van der Waals surface area contributed by atoms with Gasteiger partial charge in [0.2, 0.25) is 5.91 Å². The van der Waals surface area contributed by atoms with Crippen molar-refractivity contribution in [1.29, 1.82) is 0 Å². The number of para-hydroxylation sites is 1. The van der Waals surface area contributed by atoms with Gasteiger partial charge < -0.3 is 24.2 Å². The summed E-state index contributed by atoms with van der Waals surface area (Å²) in [5.41, 5.74) is 8.26. The molecule has 1 amide bonds. The number of likely N-dealkylation sites (tertiary alicyclic amines) is 1. The number of phenols is 1. The number of fused-ring (bicyclic) bond motifs is 1. The van der Waals surface area contributed by atoms with Gasteiger partial charge >= 0.3 is 0 Å². The van der Waals surface area contributed by atoms with Gasteiger partial charge in [0.25, 0.3) is 0 Å². The molecule has 4 atom stereocenters. The number of hydrogen-bond donors (Lipinski definition) is 3. The van der Waals surface area contributed by atoms with Gasteiger partial charge in [0, 0.05) is 31.7 Å². The first-order valence-corrected chi connectivity index (χ1v) is 13.1. The average molecular weight is 498 g/mol. The molecule has 2 saturated heterocycles. The van der Waals surface area contributed by atoms with Crippen LogP contribution in [0.3, 0.4) is 0 Å². The van der Waals surface area contributed by atoms with Crippen LogP contribution in [0, 0.1) is 5.92 Å². The molecule has 3 N–H and O–H groups in total. The summed E-state index contributed by atoms with van der Waals surface area (Å²) in [4.78, 5) is 15.5. The zero-order valence-electron chi connectivity index (χ0n) is 21.5. The number of methoxy groups -OCH3 is 1. The third kappa shape index (κ3) is 5.45. The maximum atomic E-state index is 13.6. The van der Waals surface area contributed by atoms with Crippen molar-refractivity contribution in [1.82, 2.24) is 15.8 Å². The maximum absolute atomic E-state index is 13.6. The predicted octanol–water partition coefficient (Wildman–Crippen LogP) is 4.11. The van der Waals surface area contributed by atoms with E-state index < -0.39 is 6.04 Å². The third-order valence-corrected chi connectivity index (χ3v) is 7.05. The molecule has 2 aliphatic rings. The molecule has 0 radical (unpaired) electrons. The van der Waals surface area contributed by atoms with Gasteiger partial charge in [-0.3, -0.25) is 4.79 Å². The summed E-state index contributed by atoms with van der Waals surface area (Å²) in [5, 5.41) is 10.6. The van der Waals surface area contributed by atoms with Crippen LogP contribution < -0.4 is 20.3 Å². The summed E-state index contributed by atoms with van der Waals surface area (Å²) in [7, 11) is 1.67. The minimum atomic E-state index is -0.400. The first-order valence-electron chi connectivity index (χ1n) is 13.1. The number of amides is 1. The lowest BCUT2D eigenvalue weighted by molar-refractivity contribution is -0.131. The van der Waals surface area contributed by atoms with Crippen LogP contribution in [-0.4, -0.2) is 55.4 Å². The second kappa shape index (κ2) is 12.4. The number of rotatable bonds is 13. The molecule has 2 aliphatic heterocycles. The molecule has 2 fully saturated rings. The molecule has 196 valence electrons. The van der Waals surface area contributed by atoms with E-state index in [4.69, 9.17) is 14.2 Å². The fraction of sp³-hybridized carbons (Fsp3) is 0.536. The summed E-state index contributed by atoms with van der Waals surface area (Å²) >= 11 is 0. The summed E-state index contributed by atoms with van der Waals surface area (Å²) in [6.45, 7) is 6.45. The van der Waals surface area contributed by atoms with Gasteiger partial charge in [0.15, 0.2) is 11.5 Å². The fourth-order valence-electron chi connectivity index (χ4n) is 5.38. The minimum absolute atomic E-state index is 0.0457. The largest absolute Gasteiger partial charge is 0.508 e. The smallest absolute Gasteiger partial charge is 0.242 e. The first-order chi connectivity index (χ1) is 17.6. The van der Waals surface area contributed by atoms with E-state index in [0.717, 1.165) is 42.6 Å². The lowest BCUT2D eigenvalue weighted by atomic mass is 9.83. The van der Waals surface area contributed by atoms with Crippen molar-refractivity contribution in [2.45, 2.75) is 57.7 Å². The molecule has 0 aliphatic carbocycles. The van der Waals surface area contributed by atoms with Gasteiger partial charge in [0.05, 0.1) is 25.3 Å². The van der Waals surface area contributed by atoms with Crippen molar-refractivity contribution in [3.8, 4) is 17.2 Å². The van der Waals surface area contributed by atoms with Gasteiger partial charge in [-0.05, 0) is 43.5 Å². The van der Waals surface area contributed by atoms with Gasteiger partial charge in [-0.25, -0.2) is 10.9 Å². The molecule has 4 unspecified atom stereocenters. The highest BCUT2D eigenvalue weighted by Crippen LogP contribution is 2.49. The van der Waals surface area contributed by atoms with Crippen LogP contribution in [0.15, 0.2) is 42.5 Å². The molecule has 0 spiro atoms. The Bertz CT molecular complexity index is 1020. The molecular weight excluding hydrogens is 458 g/mol. The zero-order chi connectivity index (χ0) is 25.5. The number of unbranched alkanes of at least 4 members (excludes halogenated alkanes) is 2. The van der Waals surface area contributed by atoms with Crippen molar-refractivity contribution < 1.29 is 24.1 Å². The molecule has 0 bridgehead atoms. The van der Waals surface area contributed by atoms with Crippen LogP contribution in [0.1, 0.15) is 62.7 Å². The van der Waals surface area contributed by atoms with Crippen LogP contribution >= 0.6 is 0 Å². The topological polar surface area (TPSA) is 92.3 Å². The van der Waals surface area contributed by atoms with E-state index in [1.807, 2.05) is 42.2 Å². The van der Waals surface area contributed by atoms with E-state index >= 15 is 0 Å². The lowest BCUT2D eigenvalue weighted by Gasteiger charge is -2.32. The van der Waals surface area contributed by atoms with Crippen LogP contribution in [0.25, 0.3) is 0 Å². The Balaban J connectivity index is 1.69. The molecule has 4 rings (SSSR count). The number of phenolic OH excluding ortho intramolecular Hbond substituents is 1. The molecule has 0 aromatic heterocycles. The van der Waals surface area contributed by atoms with Crippen molar-refractivity contribution in [3.05, 3.63) is 53.6 Å². The number of ether oxygens (including phenoxy) is 3. The zero-order valence-corrected chi connectivity index (χ0v) is 21.5. The predicted molar refractivity (Wildman–Crippen MR) is 138 cm³/mol. The Labute approximate surface area is 213 Å². The molecule has 0 saturated carbocycles. The van der Waals surface area contributed by atoms with Crippen molar-refractivity contribution in [2.24, 2.45) is 5.92 Å². The Morgan fingerprint density at radius 2 is 1.75 bits per heavy atom. The lowest BCUT2D eigenvalue weighted by Crippen LogP contribution is -2.41. The fourth-order valence-corrected chi connectivity index (χ4v) is 5.38. The summed E-state index contributed by atoms with van der Waals surface area (Å²) in [5.74, 6) is 1.55. The van der Waals surface area contributed by atoms with Gasteiger partial charge in [0.1, 0.15) is 11.8 Å². The molecule has 2 aromatic carbocycles. The van der Waals surface area contributed by atoms with E-state index in [0.29, 0.717) is 32.1 Å². The highest BCUT2D eigenvalue weighted by Gasteiger charge is 2.55. The Kier molecular flexibility index (Phi) is 9.07. The van der Waals surface area contributed by atoms with Gasteiger partial charge in [-0.2, -0.15) is 0 Å². The Hall–Kier alpha value is -2.81. The van der Waals surface area contributed by atoms with E-state index in [1.54, 1.807) is 19.2 Å². The maximum Gasteiger partial charge on any atom is 0.242 e. The van der Waals surface area contributed by atoms with E-state index in [-0.39, 0.29) is 29.7 Å². The van der Waals surface area contributed by atoms with Crippen LogP contribution in [0.4, 0.5) is 0 Å². The van der Waals surface area contributed by atoms with Crippen molar-refractivity contribution in [3.63, 3.8) is 0 Å². The molecule has 2 aromatic rings. The molecule has 8 nitrogen and oxygen atoms in total. The van der Waals surface area contributed by atoms with Crippen LogP contribution in [0.5, 0.6) is 17.2 Å². The number of hydrazine groups is 1. The third-order valence-electron chi connectivity index (χ3n) is 7.05. The van der Waals surface area contributed by atoms with Crippen LogP contribution in [-0.2, 0) is 9.53 Å². The number of aromatic hydroxyl groups is 1. The number of carbonyl (C=O) groups is 1. The average Bonchev–Trinajstić information content (AvgIpc) is 3.42. The van der Waals surface area contributed by atoms with Gasteiger partial charge in [-0.15, -0.1) is 0 Å². The molecule has 2 heterocycles. The minimum Gasteiger partial charge on any atom is -0.508 e. The summed E-state index contributed by atoms with van der Waals surface area (Å²) in [6, 6.07) is 12.5. The highest BCUT2D eigenvalue weighted by atomic mass is 16.5. The summed E-state index contributed by atoms with van der Waals surface area (Å²) in [6.07, 6.45) is 4.00. The normalized spacial score (nSPS) is 23.2. The van der Waals surface area contributed by atoms with E-state index in [9.17, 15) is 9.90 Å². The second-order valence-electron chi connectivity index (χ2n) is 9.40. The molecular formula is C28H39N3O5. The number of nitrogens with zero attached hydrogens (tertiary/aromatic N) is 1.